The summed E-state index contributed by atoms with van der Waals surface area (Å²) in [5.41, 5.74) is 0.281. The van der Waals surface area contributed by atoms with Crippen LogP contribution in [0.5, 0.6) is 0 Å². The van der Waals surface area contributed by atoms with Gasteiger partial charge < -0.3 is 10.1 Å². The number of hydrogen-bond donors (Lipinski definition) is 1. The van der Waals surface area contributed by atoms with E-state index in [0.717, 1.165) is 0 Å². The summed E-state index contributed by atoms with van der Waals surface area (Å²) in [6.45, 7) is 1.99. The lowest BCUT2D eigenvalue weighted by molar-refractivity contribution is -0.144. The summed E-state index contributed by atoms with van der Waals surface area (Å²) in [5, 5.41) is 3.25. The fourth-order valence-electron chi connectivity index (χ4n) is 1.18. The van der Waals surface area contributed by atoms with Gasteiger partial charge in [0.25, 0.3) is 0 Å². The largest absolute Gasteiger partial charge is 0.469 e. The van der Waals surface area contributed by atoms with E-state index < -0.39 is 5.82 Å². The molecule has 0 aliphatic heterocycles. The van der Waals surface area contributed by atoms with E-state index in [1.165, 1.54) is 25.3 Å². The Morgan fingerprint density at radius 3 is 2.94 bits per heavy atom. The van der Waals surface area contributed by atoms with Gasteiger partial charge in [-0.2, -0.15) is 0 Å². The molecule has 0 radical (unpaired) electrons. The Balaban J connectivity index is 2.60. The molecule has 0 amide bonds. The second-order valence-corrected chi connectivity index (χ2v) is 3.87. The number of halogens is 2. The van der Waals surface area contributed by atoms with Crippen molar-refractivity contribution in [3.63, 3.8) is 0 Å². The summed E-state index contributed by atoms with van der Waals surface area (Å²) in [4.78, 5) is 11.1. The van der Waals surface area contributed by atoms with E-state index in [0.29, 0.717) is 11.6 Å². The van der Waals surface area contributed by atoms with Crippen molar-refractivity contribution in [2.24, 2.45) is 5.92 Å². The van der Waals surface area contributed by atoms with Gasteiger partial charge in [-0.3, -0.25) is 4.79 Å². The fraction of sp³-hybridized carbons (Fsp3) is 0.364. The molecule has 0 heterocycles. The number of nitrogens with one attached hydrogen (secondary N) is 1. The number of ether oxygens (including phenoxy) is 1. The normalized spacial score (nSPS) is 12.0. The molecule has 1 unspecified atom stereocenters. The third-order valence-electron chi connectivity index (χ3n) is 2.13. The zero-order valence-electron chi connectivity index (χ0n) is 9.09. The highest BCUT2D eigenvalue weighted by Gasteiger charge is 2.13. The number of carbonyl (C=O) groups is 1. The van der Waals surface area contributed by atoms with Crippen LogP contribution in [0.15, 0.2) is 18.2 Å². The molecule has 1 atom stereocenters. The van der Waals surface area contributed by atoms with Crippen LogP contribution in [0, 0.1) is 11.7 Å². The molecule has 0 fully saturated rings. The van der Waals surface area contributed by atoms with Crippen molar-refractivity contribution in [1.29, 1.82) is 0 Å². The SMILES string of the molecule is COC(=O)C(C)CNc1cc(Cl)ccc1F. The second kappa shape index (κ2) is 5.70. The highest BCUT2D eigenvalue weighted by atomic mass is 35.5. The summed E-state index contributed by atoms with van der Waals surface area (Å²) < 4.78 is 17.8. The number of esters is 1. The van der Waals surface area contributed by atoms with E-state index in [1.807, 2.05) is 0 Å². The Morgan fingerprint density at radius 1 is 1.62 bits per heavy atom. The lowest BCUT2D eigenvalue weighted by Crippen LogP contribution is -2.21. The third kappa shape index (κ3) is 3.38. The Morgan fingerprint density at radius 2 is 2.31 bits per heavy atom. The molecule has 0 saturated carbocycles. The average molecular weight is 246 g/mol. The molecule has 0 bridgehead atoms. The third-order valence-corrected chi connectivity index (χ3v) is 2.37. The van der Waals surface area contributed by atoms with E-state index in [2.05, 4.69) is 10.1 Å². The van der Waals surface area contributed by atoms with E-state index in [1.54, 1.807) is 6.92 Å². The van der Waals surface area contributed by atoms with Crippen LogP contribution in [0.3, 0.4) is 0 Å². The first-order valence-electron chi connectivity index (χ1n) is 4.81. The summed E-state index contributed by atoms with van der Waals surface area (Å²) in [5.74, 6) is -1.08. The quantitative estimate of drug-likeness (QED) is 0.829. The number of benzene rings is 1. The minimum atomic E-state index is -0.401. The zero-order chi connectivity index (χ0) is 12.1. The zero-order valence-corrected chi connectivity index (χ0v) is 9.84. The van der Waals surface area contributed by atoms with Crippen LogP contribution in [0.1, 0.15) is 6.92 Å². The van der Waals surface area contributed by atoms with Crippen LogP contribution in [-0.4, -0.2) is 19.6 Å². The molecule has 0 aliphatic carbocycles. The van der Waals surface area contributed by atoms with Crippen molar-refractivity contribution in [1.82, 2.24) is 0 Å². The van der Waals surface area contributed by atoms with Crippen LogP contribution in [0.25, 0.3) is 0 Å². The number of anilines is 1. The van der Waals surface area contributed by atoms with Crippen molar-refractivity contribution in [2.75, 3.05) is 19.0 Å². The smallest absolute Gasteiger partial charge is 0.310 e. The lowest BCUT2D eigenvalue weighted by atomic mass is 10.2. The number of rotatable bonds is 4. The molecule has 1 N–H and O–H groups in total. The van der Waals surface area contributed by atoms with E-state index >= 15 is 0 Å². The Bertz CT molecular complexity index is 384. The standard InChI is InChI=1S/C11H13ClFNO2/c1-7(11(15)16-2)6-14-10-5-8(12)3-4-9(10)13/h3-5,7,14H,6H2,1-2H3. The average Bonchev–Trinajstić information content (AvgIpc) is 2.28. The minimum Gasteiger partial charge on any atom is -0.469 e. The molecule has 1 aromatic rings. The number of carbonyl (C=O) groups excluding carboxylic acids is 1. The first-order chi connectivity index (χ1) is 7.54. The van der Waals surface area contributed by atoms with Gasteiger partial charge in [0.1, 0.15) is 5.82 Å². The summed E-state index contributed by atoms with van der Waals surface area (Å²) in [6.07, 6.45) is 0. The van der Waals surface area contributed by atoms with Crippen LogP contribution in [-0.2, 0) is 9.53 Å². The number of methoxy groups -OCH3 is 1. The molecule has 1 aromatic carbocycles. The van der Waals surface area contributed by atoms with Crippen molar-refractivity contribution >= 4 is 23.3 Å². The summed E-state index contributed by atoms with van der Waals surface area (Å²) >= 11 is 5.72. The van der Waals surface area contributed by atoms with Crippen LogP contribution in [0.4, 0.5) is 10.1 Å². The fourth-order valence-corrected chi connectivity index (χ4v) is 1.35. The molecule has 0 aromatic heterocycles. The van der Waals surface area contributed by atoms with Gasteiger partial charge in [-0.05, 0) is 18.2 Å². The predicted molar refractivity (Wildman–Crippen MR) is 61.1 cm³/mol. The summed E-state index contributed by atoms with van der Waals surface area (Å²) in [7, 11) is 1.32. The van der Waals surface area contributed by atoms with Crippen molar-refractivity contribution < 1.29 is 13.9 Å². The van der Waals surface area contributed by atoms with Crippen LogP contribution >= 0.6 is 11.6 Å². The van der Waals surface area contributed by atoms with Gasteiger partial charge in [-0.25, -0.2) is 4.39 Å². The van der Waals surface area contributed by atoms with Crippen LogP contribution in [0.2, 0.25) is 5.02 Å². The number of hydrogen-bond acceptors (Lipinski definition) is 3. The van der Waals surface area contributed by atoms with E-state index in [9.17, 15) is 9.18 Å². The molecular formula is C11H13ClFNO2. The molecule has 0 saturated heterocycles. The van der Waals surface area contributed by atoms with Crippen molar-refractivity contribution in [2.45, 2.75) is 6.92 Å². The molecule has 16 heavy (non-hydrogen) atoms. The maximum Gasteiger partial charge on any atom is 0.310 e. The summed E-state index contributed by atoms with van der Waals surface area (Å²) in [6, 6.07) is 4.21. The second-order valence-electron chi connectivity index (χ2n) is 3.43. The Hall–Kier alpha value is -1.29. The van der Waals surface area contributed by atoms with E-state index in [-0.39, 0.29) is 17.6 Å². The van der Waals surface area contributed by atoms with Gasteiger partial charge in [0.15, 0.2) is 0 Å². The first-order valence-corrected chi connectivity index (χ1v) is 5.19. The van der Waals surface area contributed by atoms with Crippen molar-refractivity contribution in [3.05, 3.63) is 29.0 Å². The lowest BCUT2D eigenvalue weighted by Gasteiger charge is -2.12. The maximum atomic E-state index is 13.3. The van der Waals surface area contributed by atoms with Gasteiger partial charge in [-0.15, -0.1) is 0 Å². The minimum absolute atomic E-state index is 0.281. The highest BCUT2D eigenvalue weighted by molar-refractivity contribution is 6.30. The highest BCUT2D eigenvalue weighted by Crippen LogP contribution is 2.19. The molecule has 1 rings (SSSR count). The van der Waals surface area contributed by atoms with Gasteiger partial charge in [0, 0.05) is 11.6 Å². The Labute approximate surface area is 98.5 Å². The molecule has 0 spiro atoms. The Kier molecular flexibility index (Phi) is 4.55. The topological polar surface area (TPSA) is 38.3 Å². The first kappa shape index (κ1) is 12.8. The predicted octanol–water partition coefficient (Wildman–Crippen LogP) is 2.70. The molecule has 5 heteroatoms. The molecule has 0 aliphatic rings. The molecule has 3 nitrogen and oxygen atoms in total. The van der Waals surface area contributed by atoms with Gasteiger partial charge >= 0.3 is 5.97 Å². The van der Waals surface area contributed by atoms with Gasteiger partial charge in [0.2, 0.25) is 0 Å². The van der Waals surface area contributed by atoms with E-state index in [4.69, 9.17) is 11.6 Å². The van der Waals surface area contributed by atoms with Gasteiger partial charge in [-0.1, -0.05) is 18.5 Å². The molecular weight excluding hydrogens is 233 g/mol. The maximum absolute atomic E-state index is 13.3. The van der Waals surface area contributed by atoms with Gasteiger partial charge in [0.05, 0.1) is 18.7 Å². The monoisotopic (exact) mass is 245 g/mol. The molecule has 88 valence electrons. The van der Waals surface area contributed by atoms with Crippen molar-refractivity contribution in [3.8, 4) is 0 Å². The van der Waals surface area contributed by atoms with Crippen LogP contribution < -0.4 is 5.32 Å².